The Balaban J connectivity index is 2.27. The number of halogens is 1. The molecule has 0 unspecified atom stereocenters. The number of hydrogen-bond acceptors (Lipinski definition) is 4. The molecule has 0 bridgehead atoms. The fourth-order valence-corrected chi connectivity index (χ4v) is 1.43. The molecule has 0 aliphatic heterocycles. The standard InChI is InChI=1S/C12H12ClN3O/c1-8(2)12-15-10(13)6-11(16-12)17-9-4-3-5-14-7-9/h3-8H,1-2H3. The number of nitrogens with zero attached hydrogens (tertiary/aromatic N) is 3. The van der Waals surface area contributed by atoms with Crippen LogP contribution < -0.4 is 4.74 Å². The molecular formula is C12H12ClN3O. The van der Waals surface area contributed by atoms with Gasteiger partial charge in [0.2, 0.25) is 5.88 Å². The first-order chi connectivity index (χ1) is 8.15. The van der Waals surface area contributed by atoms with E-state index >= 15 is 0 Å². The van der Waals surface area contributed by atoms with E-state index in [1.807, 2.05) is 13.8 Å². The van der Waals surface area contributed by atoms with Gasteiger partial charge >= 0.3 is 0 Å². The Bertz CT molecular complexity index is 502. The Labute approximate surface area is 105 Å². The molecule has 2 aromatic rings. The van der Waals surface area contributed by atoms with Crippen molar-refractivity contribution in [3.8, 4) is 11.6 Å². The third kappa shape index (κ3) is 3.14. The molecule has 0 radical (unpaired) electrons. The Hall–Kier alpha value is -1.68. The lowest BCUT2D eigenvalue weighted by atomic mass is 10.2. The van der Waals surface area contributed by atoms with Gasteiger partial charge < -0.3 is 4.74 Å². The lowest BCUT2D eigenvalue weighted by Crippen LogP contribution is -1.99. The van der Waals surface area contributed by atoms with Crippen molar-refractivity contribution in [2.45, 2.75) is 19.8 Å². The molecule has 0 aliphatic carbocycles. The van der Waals surface area contributed by atoms with Crippen molar-refractivity contribution in [3.05, 3.63) is 41.6 Å². The van der Waals surface area contributed by atoms with Gasteiger partial charge in [-0.05, 0) is 12.1 Å². The minimum Gasteiger partial charge on any atom is -0.437 e. The number of ether oxygens (including phenoxy) is 1. The summed E-state index contributed by atoms with van der Waals surface area (Å²) in [6, 6.07) is 5.18. The van der Waals surface area contributed by atoms with Gasteiger partial charge in [-0.1, -0.05) is 25.4 Å². The Morgan fingerprint density at radius 1 is 1.29 bits per heavy atom. The molecule has 0 aromatic carbocycles. The molecule has 17 heavy (non-hydrogen) atoms. The maximum Gasteiger partial charge on any atom is 0.224 e. The van der Waals surface area contributed by atoms with Crippen LogP contribution in [0.5, 0.6) is 11.6 Å². The van der Waals surface area contributed by atoms with Gasteiger partial charge in [-0.25, -0.2) is 4.98 Å². The zero-order chi connectivity index (χ0) is 12.3. The van der Waals surface area contributed by atoms with Gasteiger partial charge in [0, 0.05) is 18.2 Å². The molecule has 0 saturated heterocycles. The van der Waals surface area contributed by atoms with Crippen molar-refractivity contribution < 1.29 is 4.74 Å². The summed E-state index contributed by atoms with van der Waals surface area (Å²) in [7, 11) is 0. The minimum absolute atomic E-state index is 0.199. The summed E-state index contributed by atoms with van der Waals surface area (Å²) < 4.78 is 5.55. The number of rotatable bonds is 3. The first kappa shape index (κ1) is 11.8. The zero-order valence-electron chi connectivity index (χ0n) is 9.59. The van der Waals surface area contributed by atoms with E-state index in [1.165, 1.54) is 0 Å². The number of hydrogen-bond donors (Lipinski definition) is 0. The van der Waals surface area contributed by atoms with Crippen LogP contribution in [0.4, 0.5) is 0 Å². The Morgan fingerprint density at radius 3 is 2.76 bits per heavy atom. The van der Waals surface area contributed by atoms with Crippen LogP contribution in [-0.4, -0.2) is 15.0 Å². The summed E-state index contributed by atoms with van der Waals surface area (Å²) >= 11 is 5.91. The van der Waals surface area contributed by atoms with E-state index in [1.54, 1.807) is 30.6 Å². The van der Waals surface area contributed by atoms with Crippen LogP contribution >= 0.6 is 11.6 Å². The second-order valence-electron chi connectivity index (χ2n) is 3.83. The van der Waals surface area contributed by atoms with Crippen LogP contribution in [0.2, 0.25) is 5.15 Å². The minimum atomic E-state index is 0.199. The maximum atomic E-state index is 5.91. The highest BCUT2D eigenvalue weighted by molar-refractivity contribution is 6.29. The molecule has 0 N–H and O–H groups in total. The second kappa shape index (κ2) is 5.10. The van der Waals surface area contributed by atoms with Gasteiger partial charge in [-0.3, -0.25) is 4.98 Å². The molecule has 0 atom stereocenters. The van der Waals surface area contributed by atoms with Crippen LogP contribution in [0.25, 0.3) is 0 Å². The summed E-state index contributed by atoms with van der Waals surface area (Å²) in [6.07, 6.45) is 3.30. The largest absolute Gasteiger partial charge is 0.437 e. The van der Waals surface area contributed by atoms with E-state index in [0.717, 1.165) is 0 Å². The van der Waals surface area contributed by atoms with Crippen molar-refractivity contribution in [2.24, 2.45) is 0 Å². The van der Waals surface area contributed by atoms with Crippen LogP contribution in [-0.2, 0) is 0 Å². The molecule has 0 saturated carbocycles. The van der Waals surface area contributed by atoms with E-state index in [0.29, 0.717) is 22.6 Å². The van der Waals surface area contributed by atoms with Crippen LogP contribution in [0.3, 0.4) is 0 Å². The second-order valence-corrected chi connectivity index (χ2v) is 4.22. The third-order valence-corrected chi connectivity index (χ3v) is 2.26. The molecule has 2 rings (SSSR count). The van der Waals surface area contributed by atoms with E-state index in [-0.39, 0.29) is 5.92 Å². The van der Waals surface area contributed by atoms with Gasteiger partial charge in [0.25, 0.3) is 0 Å². The van der Waals surface area contributed by atoms with Gasteiger partial charge in [0.1, 0.15) is 16.7 Å². The van der Waals surface area contributed by atoms with Crippen molar-refractivity contribution in [2.75, 3.05) is 0 Å². The summed E-state index contributed by atoms with van der Waals surface area (Å²) in [5, 5.41) is 0.377. The summed E-state index contributed by atoms with van der Waals surface area (Å²) in [5.41, 5.74) is 0. The fraction of sp³-hybridized carbons (Fsp3) is 0.250. The average Bonchev–Trinajstić information content (AvgIpc) is 2.29. The van der Waals surface area contributed by atoms with Crippen LogP contribution in [0.15, 0.2) is 30.6 Å². The fourth-order valence-electron chi connectivity index (χ4n) is 1.25. The summed E-state index contributed by atoms with van der Waals surface area (Å²) in [4.78, 5) is 12.4. The molecule has 0 aliphatic rings. The topological polar surface area (TPSA) is 47.9 Å². The maximum absolute atomic E-state index is 5.91. The molecule has 0 fully saturated rings. The van der Waals surface area contributed by atoms with E-state index in [4.69, 9.17) is 16.3 Å². The highest BCUT2D eigenvalue weighted by Crippen LogP contribution is 2.22. The van der Waals surface area contributed by atoms with Crippen LogP contribution in [0, 0.1) is 0 Å². The highest BCUT2D eigenvalue weighted by atomic mass is 35.5. The van der Waals surface area contributed by atoms with Crippen LogP contribution in [0.1, 0.15) is 25.6 Å². The van der Waals surface area contributed by atoms with E-state index < -0.39 is 0 Å². The Morgan fingerprint density at radius 2 is 2.12 bits per heavy atom. The molecule has 2 aromatic heterocycles. The lowest BCUT2D eigenvalue weighted by molar-refractivity contribution is 0.455. The van der Waals surface area contributed by atoms with Crippen molar-refractivity contribution in [3.63, 3.8) is 0 Å². The average molecular weight is 250 g/mol. The number of pyridine rings is 1. The molecule has 0 amide bonds. The first-order valence-electron chi connectivity index (χ1n) is 5.27. The smallest absolute Gasteiger partial charge is 0.224 e. The highest BCUT2D eigenvalue weighted by Gasteiger charge is 2.08. The monoisotopic (exact) mass is 249 g/mol. The molecule has 88 valence electrons. The first-order valence-corrected chi connectivity index (χ1v) is 5.65. The Kier molecular flexibility index (Phi) is 3.54. The van der Waals surface area contributed by atoms with Gasteiger partial charge in [0.15, 0.2) is 0 Å². The lowest BCUT2D eigenvalue weighted by Gasteiger charge is -2.08. The van der Waals surface area contributed by atoms with Crippen molar-refractivity contribution >= 4 is 11.6 Å². The summed E-state index contributed by atoms with van der Waals surface area (Å²) in [6.45, 7) is 4.00. The third-order valence-electron chi connectivity index (χ3n) is 2.06. The molecular weight excluding hydrogens is 238 g/mol. The SMILES string of the molecule is CC(C)c1nc(Cl)cc(Oc2cccnc2)n1. The molecule has 0 spiro atoms. The van der Waals surface area contributed by atoms with Crippen molar-refractivity contribution in [1.82, 2.24) is 15.0 Å². The zero-order valence-corrected chi connectivity index (χ0v) is 10.3. The number of aromatic nitrogens is 3. The van der Waals surface area contributed by atoms with Gasteiger partial charge in [-0.15, -0.1) is 0 Å². The van der Waals surface area contributed by atoms with E-state index in [2.05, 4.69) is 15.0 Å². The molecule has 2 heterocycles. The molecule has 4 nitrogen and oxygen atoms in total. The van der Waals surface area contributed by atoms with Gasteiger partial charge in [0.05, 0.1) is 6.20 Å². The van der Waals surface area contributed by atoms with Gasteiger partial charge in [-0.2, -0.15) is 4.98 Å². The summed E-state index contributed by atoms with van der Waals surface area (Å²) in [5.74, 6) is 1.92. The quantitative estimate of drug-likeness (QED) is 0.782. The predicted octanol–water partition coefficient (Wildman–Crippen LogP) is 3.44. The van der Waals surface area contributed by atoms with E-state index in [9.17, 15) is 0 Å². The van der Waals surface area contributed by atoms with Crippen molar-refractivity contribution in [1.29, 1.82) is 0 Å². The normalized spacial score (nSPS) is 10.6. The predicted molar refractivity (Wildman–Crippen MR) is 65.4 cm³/mol. The molecule has 5 heteroatoms.